The van der Waals surface area contributed by atoms with Crippen molar-refractivity contribution in [2.45, 2.75) is 19.3 Å². The van der Waals surface area contributed by atoms with E-state index in [1.807, 2.05) is 0 Å². The van der Waals surface area contributed by atoms with Crippen molar-refractivity contribution in [1.82, 2.24) is 0 Å². The first-order chi connectivity index (χ1) is 6.93. The van der Waals surface area contributed by atoms with E-state index in [1.54, 1.807) is 0 Å². The van der Waals surface area contributed by atoms with Crippen molar-refractivity contribution in [2.24, 2.45) is 0 Å². The summed E-state index contributed by atoms with van der Waals surface area (Å²) in [5, 5.41) is 8.58. The average Bonchev–Trinajstić information content (AvgIpc) is 2.11. The van der Waals surface area contributed by atoms with E-state index in [2.05, 4.69) is 0 Å². The molecule has 2 nitrogen and oxygen atoms in total. The number of halogens is 3. The molecule has 0 heterocycles. The summed E-state index contributed by atoms with van der Waals surface area (Å²) >= 11 is 5.68. The van der Waals surface area contributed by atoms with Crippen molar-refractivity contribution in [3.8, 4) is 0 Å². The highest BCUT2D eigenvalue weighted by Crippen LogP contribution is 2.30. The third kappa shape index (κ3) is 2.65. The summed E-state index contributed by atoms with van der Waals surface area (Å²) in [6.45, 7) is 1.48. The second-order valence-corrected chi connectivity index (χ2v) is 3.66. The van der Waals surface area contributed by atoms with E-state index in [4.69, 9.17) is 16.7 Å². The Kier molecular flexibility index (Phi) is 3.63. The number of hydrogen-bond donors (Lipinski definition) is 1. The molecule has 82 valence electrons. The molecule has 5 heteroatoms. The van der Waals surface area contributed by atoms with E-state index >= 15 is 0 Å². The van der Waals surface area contributed by atoms with Crippen LogP contribution in [0.5, 0.6) is 0 Å². The Morgan fingerprint density at radius 1 is 1.53 bits per heavy atom. The number of carbonyl (C=O) groups is 1. The van der Waals surface area contributed by atoms with Crippen LogP contribution in [0.4, 0.5) is 8.78 Å². The van der Waals surface area contributed by atoms with Crippen LogP contribution in [0.2, 0.25) is 5.02 Å². The zero-order valence-corrected chi connectivity index (χ0v) is 8.68. The van der Waals surface area contributed by atoms with Crippen molar-refractivity contribution in [2.75, 3.05) is 0 Å². The molecule has 0 fully saturated rings. The molecule has 0 saturated carbocycles. The predicted molar refractivity (Wildman–Crippen MR) is 52.0 cm³/mol. The highest BCUT2D eigenvalue weighted by atomic mass is 35.5. The molecule has 0 saturated heterocycles. The lowest BCUT2D eigenvalue weighted by molar-refractivity contribution is -0.137. The van der Waals surface area contributed by atoms with Crippen LogP contribution in [0.25, 0.3) is 0 Å². The van der Waals surface area contributed by atoms with Gasteiger partial charge in [-0.2, -0.15) is 0 Å². The zero-order valence-electron chi connectivity index (χ0n) is 7.93. The summed E-state index contributed by atoms with van der Waals surface area (Å²) in [5.74, 6) is -3.84. The number of rotatable bonds is 3. The number of aliphatic carboxylic acids is 1. The van der Waals surface area contributed by atoms with Crippen LogP contribution in [-0.2, 0) is 4.79 Å². The van der Waals surface area contributed by atoms with Crippen molar-refractivity contribution in [1.29, 1.82) is 0 Å². The first kappa shape index (κ1) is 11.9. The summed E-state index contributed by atoms with van der Waals surface area (Å²) in [6, 6.07) is 2.13. The van der Waals surface area contributed by atoms with E-state index in [-0.39, 0.29) is 17.0 Å². The van der Waals surface area contributed by atoms with Gasteiger partial charge in [0, 0.05) is 10.6 Å². The summed E-state index contributed by atoms with van der Waals surface area (Å²) < 4.78 is 26.2. The molecule has 15 heavy (non-hydrogen) atoms. The van der Waals surface area contributed by atoms with Gasteiger partial charge in [-0.05, 0) is 18.1 Å². The van der Waals surface area contributed by atoms with Crippen molar-refractivity contribution in [3.05, 3.63) is 34.4 Å². The van der Waals surface area contributed by atoms with Crippen molar-refractivity contribution < 1.29 is 18.7 Å². The Balaban J connectivity index is 3.12. The number of hydrogen-bond acceptors (Lipinski definition) is 1. The second kappa shape index (κ2) is 4.57. The minimum absolute atomic E-state index is 0.0441. The summed E-state index contributed by atoms with van der Waals surface area (Å²) in [4.78, 5) is 10.4. The molecule has 1 N–H and O–H groups in total. The average molecular weight is 235 g/mol. The Labute approximate surface area is 90.5 Å². The van der Waals surface area contributed by atoms with Gasteiger partial charge in [0.25, 0.3) is 0 Å². The quantitative estimate of drug-likeness (QED) is 0.816. The van der Waals surface area contributed by atoms with Gasteiger partial charge >= 0.3 is 5.97 Å². The lowest BCUT2D eigenvalue weighted by Crippen LogP contribution is -2.06. The minimum atomic E-state index is -1.08. The third-order valence-electron chi connectivity index (χ3n) is 2.05. The van der Waals surface area contributed by atoms with Gasteiger partial charge in [-0.15, -0.1) is 0 Å². The molecule has 0 spiro atoms. The van der Waals surface area contributed by atoms with Crippen LogP contribution in [0, 0.1) is 11.6 Å². The molecule has 0 radical (unpaired) electrons. The predicted octanol–water partition coefficient (Wildman–Crippen LogP) is 3.20. The maximum Gasteiger partial charge on any atom is 0.303 e. The van der Waals surface area contributed by atoms with Crippen LogP contribution < -0.4 is 0 Å². The Morgan fingerprint density at radius 3 is 2.67 bits per heavy atom. The molecule has 0 aliphatic rings. The molecule has 1 unspecified atom stereocenters. The molecule has 0 amide bonds. The van der Waals surface area contributed by atoms with Gasteiger partial charge in [-0.25, -0.2) is 8.78 Å². The fraction of sp³-hybridized carbons (Fsp3) is 0.300. The van der Waals surface area contributed by atoms with Crippen LogP contribution >= 0.6 is 11.6 Å². The van der Waals surface area contributed by atoms with Crippen molar-refractivity contribution >= 4 is 17.6 Å². The van der Waals surface area contributed by atoms with Crippen LogP contribution in [0.15, 0.2) is 12.1 Å². The fourth-order valence-corrected chi connectivity index (χ4v) is 1.69. The van der Waals surface area contributed by atoms with Gasteiger partial charge in [0.05, 0.1) is 6.42 Å². The standard InChI is InChI=1S/C10H9ClF2O2/c1-5(4-8(14)15)9-6(11)2-3-7(12)10(9)13/h2-3,5H,4H2,1H3,(H,14,15). The van der Waals surface area contributed by atoms with Crippen LogP contribution in [-0.4, -0.2) is 11.1 Å². The van der Waals surface area contributed by atoms with Gasteiger partial charge in [0.15, 0.2) is 11.6 Å². The summed E-state index contributed by atoms with van der Waals surface area (Å²) in [5.41, 5.74) is -0.0842. The summed E-state index contributed by atoms with van der Waals surface area (Å²) in [6.07, 6.45) is -0.292. The lowest BCUT2D eigenvalue weighted by Gasteiger charge is -2.12. The molecule has 1 rings (SSSR count). The van der Waals surface area contributed by atoms with Gasteiger partial charge in [0.1, 0.15) is 0 Å². The highest BCUT2D eigenvalue weighted by Gasteiger charge is 2.20. The molecular weight excluding hydrogens is 226 g/mol. The Bertz CT molecular complexity index is 393. The van der Waals surface area contributed by atoms with Gasteiger partial charge in [-0.1, -0.05) is 18.5 Å². The lowest BCUT2D eigenvalue weighted by atomic mass is 9.97. The highest BCUT2D eigenvalue weighted by molar-refractivity contribution is 6.31. The Morgan fingerprint density at radius 2 is 2.13 bits per heavy atom. The SMILES string of the molecule is CC(CC(=O)O)c1c(Cl)ccc(F)c1F. The molecular formula is C10H9ClF2O2. The van der Waals surface area contributed by atoms with E-state index in [0.717, 1.165) is 6.07 Å². The molecule has 0 bridgehead atoms. The normalized spacial score (nSPS) is 12.5. The third-order valence-corrected chi connectivity index (χ3v) is 2.38. The number of benzene rings is 1. The smallest absolute Gasteiger partial charge is 0.303 e. The first-order valence-electron chi connectivity index (χ1n) is 4.28. The molecule has 0 aliphatic carbocycles. The maximum atomic E-state index is 13.3. The van der Waals surface area contributed by atoms with E-state index in [9.17, 15) is 13.6 Å². The fourth-order valence-electron chi connectivity index (χ4n) is 1.36. The summed E-state index contributed by atoms with van der Waals surface area (Å²) in [7, 11) is 0. The first-order valence-corrected chi connectivity index (χ1v) is 4.66. The zero-order chi connectivity index (χ0) is 11.6. The monoisotopic (exact) mass is 234 g/mol. The van der Waals surface area contributed by atoms with E-state index < -0.39 is 23.5 Å². The molecule has 1 aromatic carbocycles. The molecule has 1 aromatic rings. The minimum Gasteiger partial charge on any atom is -0.481 e. The molecule has 0 aliphatic heterocycles. The topological polar surface area (TPSA) is 37.3 Å². The molecule has 0 aromatic heterocycles. The van der Waals surface area contributed by atoms with Gasteiger partial charge < -0.3 is 5.11 Å². The van der Waals surface area contributed by atoms with Crippen LogP contribution in [0.1, 0.15) is 24.8 Å². The van der Waals surface area contributed by atoms with Gasteiger partial charge in [-0.3, -0.25) is 4.79 Å². The van der Waals surface area contributed by atoms with E-state index in [1.165, 1.54) is 13.0 Å². The second-order valence-electron chi connectivity index (χ2n) is 3.26. The van der Waals surface area contributed by atoms with Crippen molar-refractivity contribution in [3.63, 3.8) is 0 Å². The van der Waals surface area contributed by atoms with E-state index in [0.29, 0.717) is 0 Å². The largest absolute Gasteiger partial charge is 0.481 e. The number of carboxylic acid groups (broad SMARTS) is 1. The van der Waals surface area contributed by atoms with Gasteiger partial charge in [0.2, 0.25) is 0 Å². The molecule has 1 atom stereocenters. The number of carboxylic acids is 1. The van der Waals surface area contributed by atoms with Crippen LogP contribution in [0.3, 0.4) is 0 Å². The maximum absolute atomic E-state index is 13.3. The Hall–Kier alpha value is -1.16.